The van der Waals surface area contributed by atoms with Gasteiger partial charge in [-0.2, -0.15) is 5.43 Å². The normalized spacial score (nSPS) is 27.4. The smallest absolute Gasteiger partial charge is 0.240 e. The van der Waals surface area contributed by atoms with Gasteiger partial charge in [-0.25, -0.2) is 4.99 Å². The molecule has 0 amide bonds. The maximum atomic E-state index is 7.32. The second-order valence-electron chi connectivity index (χ2n) is 2.61. The molecular formula is C7H9N4+. The summed E-state index contributed by atoms with van der Waals surface area (Å²) in [5.74, 6) is 0.301. The molecule has 0 saturated heterocycles. The number of hydrazone groups is 1. The summed E-state index contributed by atoms with van der Waals surface area (Å²) < 4.78 is 1.87. The van der Waals surface area contributed by atoms with Gasteiger partial charge >= 0.3 is 0 Å². The number of amidine groups is 1. The third-order valence-corrected chi connectivity index (χ3v) is 1.79. The van der Waals surface area contributed by atoms with Crippen LogP contribution in [0.1, 0.15) is 6.92 Å². The highest BCUT2D eigenvalue weighted by molar-refractivity contribution is 6.30. The molecular weight excluding hydrogens is 140 g/mol. The molecule has 0 aromatic heterocycles. The van der Waals surface area contributed by atoms with Crippen LogP contribution in [0.25, 0.3) is 0 Å². The van der Waals surface area contributed by atoms with Gasteiger partial charge in [0.05, 0.1) is 11.9 Å². The third-order valence-electron chi connectivity index (χ3n) is 1.79. The number of nitrogens with one attached hydrogen (secondary N) is 2. The van der Waals surface area contributed by atoms with Crippen LogP contribution in [0.3, 0.4) is 0 Å². The second-order valence-corrected chi connectivity index (χ2v) is 2.61. The molecule has 0 aliphatic carbocycles. The first-order chi connectivity index (χ1) is 5.27. The fourth-order valence-corrected chi connectivity index (χ4v) is 1.27. The first-order valence-electron chi connectivity index (χ1n) is 3.47. The van der Waals surface area contributed by atoms with Crippen LogP contribution in [0.15, 0.2) is 17.3 Å². The van der Waals surface area contributed by atoms with Gasteiger partial charge in [-0.15, -0.1) is 4.68 Å². The monoisotopic (exact) mass is 149 g/mol. The number of hydrazine groups is 1. The lowest BCUT2D eigenvalue weighted by Gasteiger charge is -2.08. The molecule has 0 aromatic carbocycles. The average Bonchev–Trinajstić information content (AvgIpc) is 2.34. The summed E-state index contributed by atoms with van der Waals surface area (Å²) in [5, 5.41) is 7.32. The Morgan fingerprint density at radius 1 is 1.73 bits per heavy atom. The van der Waals surface area contributed by atoms with E-state index < -0.39 is 0 Å². The molecule has 2 aliphatic heterocycles. The zero-order chi connectivity index (χ0) is 7.84. The van der Waals surface area contributed by atoms with Crippen molar-refractivity contribution in [3.8, 4) is 0 Å². The predicted molar refractivity (Wildman–Crippen MR) is 43.2 cm³/mol. The van der Waals surface area contributed by atoms with Crippen molar-refractivity contribution in [1.29, 1.82) is 5.41 Å². The van der Waals surface area contributed by atoms with Gasteiger partial charge in [0.2, 0.25) is 18.1 Å². The van der Waals surface area contributed by atoms with E-state index in [2.05, 4.69) is 10.4 Å². The van der Waals surface area contributed by atoms with Crippen molar-refractivity contribution < 1.29 is 4.68 Å². The minimum Gasteiger partial charge on any atom is -0.278 e. The molecule has 2 N–H and O–H groups in total. The molecule has 2 heterocycles. The van der Waals surface area contributed by atoms with E-state index in [0.29, 0.717) is 5.84 Å². The van der Waals surface area contributed by atoms with E-state index in [9.17, 15) is 0 Å². The van der Waals surface area contributed by atoms with Gasteiger partial charge in [0.1, 0.15) is 0 Å². The molecule has 0 saturated carbocycles. The highest BCUT2D eigenvalue weighted by Gasteiger charge is 2.29. The number of nitrogens with zero attached hydrogens (tertiary/aromatic N) is 2. The number of hydrogen-bond donors (Lipinski definition) is 2. The van der Waals surface area contributed by atoms with Crippen LogP contribution in [-0.4, -0.2) is 28.5 Å². The Morgan fingerprint density at radius 2 is 2.55 bits per heavy atom. The number of hydrogen-bond acceptors (Lipinski definition) is 2. The SMILES string of the molecule is CC1=NC(=N)C=[N+]2NC=CC12. The molecule has 0 spiro atoms. The summed E-state index contributed by atoms with van der Waals surface area (Å²) in [5.41, 5.74) is 3.95. The van der Waals surface area contributed by atoms with Crippen molar-refractivity contribution in [2.45, 2.75) is 13.0 Å². The summed E-state index contributed by atoms with van der Waals surface area (Å²) in [4.78, 5) is 4.04. The largest absolute Gasteiger partial charge is 0.278 e. The van der Waals surface area contributed by atoms with E-state index in [1.807, 2.05) is 23.9 Å². The lowest BCUT2D eigenvalue weighted by atomic mass is 10.2. The van der Waals surface area contributed by atoms with Crippen molar-refractivity contribution in [2.24, 2.45) is 4.99 Å². The number of rotatable bonds is 0. The lowest BCUT2D eigenvalue weighted by Crippen LogP contribution is -2.38. The maximum Gasteiger partial charge on any atom is 0.240 e. The fraction of sp³-hybridized carbons (Fsp3) is 0.286. The molecule has 0 fully saturated rings. The topological polar surface area (TPSA) is 51.2 Å². The Balaban J connectivity index is 2.41. The summed E-state index contributed by atoms with van der Waals surface area (Å²) >= 11 is 0. The molecule has 1 atom stereocenters. The third kappa shape index (κ3) is 0.869. The summed E-state index contributed by atoms with van der Waals surface area (Å²) in [6.45, 7) is 1.93. The lowest BCUT2D eigenvalue weighted by molar-refractivity contribution is -0.572. The van der Waals surface area contributed by atoms with Gasteiger partial charge in [0.25, 0.3) is 0 Å². The Labute approximate surface area is 64.4 Å². The Morgan fingerprint density at radius 3 is 3.36 bits per heavy atom. The van der Waals surface area contributed by atoms with Gasteiger partial charge in [-0.3, -0.25) is 5.41 Å². The van der Waals surface area contributed by atoms with Gasteiger partial charge in [0, 0.05) is 6.08 Å². The summed E-state index contributed by atoms with van der Waals surface area (Å²) in [7, 11) is 0. The second kappa shape index (κ2) is 2.02. The zero-order valence-corrected chi connectivity index (χ0v) is 6.20. The van der Waals surface area contributed by atoms with Crippen LogP contribution in [0.5, 0.6) is 0 Å². The van der Waals surface area contributed by atoms with E-state index in [1.165, 1.54) is 0 Å². The van der Waals surface area contributed by atoms with Crippen LogP contribution in [-0.2, 0) is 0 Å². The van der Waals surface area contributed by atoms with Gasteiger partial charge in [0.15, 0.2) is 0 Å². The highest BCUT2D eigenvalue weighted by Crippen LogP contribution is 2.04. The van der Waals surface area contributed by atoms with Crippen molar-refractivity contribution >= 4 is 17.8 Å². The molecule has 2 rings (SSSR count). The molecule has 2 aliphatic rings. The molecule has 4 nitrogen and oxygen atoms in total. The molecule has 1 unspecified atom stereocenters. The molecule has 11 heavy (non-hydrogen) atoms. The molecule has 0 radical (unpaired) electrons. The highest BCUT2D eigenvalue weighted by atomic mass is 15.5. The first kappa shape index (κ1) is 6.27. The quantitative estimate of drug-likeness (QED) is 0.465. The zero-order valence-electron chi connectivity index (χ0n) is 6.20. The summed E-state index contributed by atoms with van der Waals surface area (Å²) in [6.07, 6.45) is 5.55. The van der Waals surface area contributed by atoms with Crippen LogP contribution >= 0.6 is 0 Å². The van der Waals surface area contributed by atoms with Crippen LogP contribution in [0.2, 0.25) is 0 Å². The predicted octanol–water partition coefficient (Wildman–Crippen LogP) is -0.0780. The molecule has 0 bridgehead atoms. The van der Waals surface area contributed by atoms with Crippen molar-refractivity contribution in [1.82, 2.24) is 5.43 Å². The Bertz CT molecular complexity index is 298. The van der Waals surface area contributed by atoms with E-state index >= 15 is 0 Å². The standard InChI is InChI=1S/C7H9N4/c1-5-6-2-3-9-11(6)4-7(8)10-5/h2-4,6,8-9H,1H3/q+1. The first-order valence-corrected chi connectivity index (χ1v) is 3.47. The van der Waals surface area contributed by atoms with Gasteiger partial charge in [-0.1, -0.05) is 0 Å². The van der Waals surface area contributed by atoms with Gasteiger partial charge in [-0.05, 0) is 6.92 Å². The van der Waals surface area contributed by atoms with E-state index in [1.54, 1.807) is 6.21 Å². The Hall–Kier alpha value is -1.45. The van der Waals surface area contributed by atoms with Crippen LogP contribution < -0.4 is 5.43 Å². The molecule has 0 aromatic rings. The van der Waals surface area contributed by atoms with E-state index in [4.69, 9.17) is 5.41 Å². The van der Waals surface area contributed by atoms with E-state index in [-0.39, 0.29) is 6.04 Å². The van der Waals surface area contributed by atoms with Gasteiger partial charge < -0.3 is 0 Å². The average molecular weight is 149 g/mol. The molecule has 4 heteroatoms. The van der Waals surface area contributed by atoms with Crippen molar-refractivity contribution in [3.63, 3.8) is 0 Å². The maximum absolute atomic E-state index is 7.32. The van der Waals surface area contributed by atoms with Crippen molar-refractivity contribution in [3.05, 3.63) is 12.3 Å². The summed E-state index contributed by atoms with van der Waals surface area (Å²) in [6, 6.07) is 0.212. The fourth-order valence-electron chi connectivity index (χ4n) is 1.27. The number of fused-ring (bicyclic) bond motifs is 1. The minimum atomic E-state index is 0.212. The Kier molecular flexibility index (Phi) is 1.15. The van der Waals surface area contributed by atoms with Crippen molar-refractivity contribution in [2.75, 3.05) is 0 Å². The van der Waals surface area contributed by atoms with Crippen LogP contribution in [0.4, 0.5) is 0 Å². The minimum absolute atomic E-state index is 0.212. The van der Waals surface area contributed by atoms with Crippen LogP contribution in [0, 0.1) is 5.41 Å². The molecule has 56 valence electrons. The van der Waals surface area contributed by atoms with E-state index in [0.717, 1.165) is 5.71 Å². The number of aliphatic imine (C=N–C) groups is 1.